The average Bonchev–Trinajstić information content (AvgIpc) is 3.07. The molecule has 0 radical (unpaired) electrons. The summed E-state index contributed by atoms with van der Waals surface area (Å²) < 4.78 is 11.0. The van der Waals surface area contributed by atoms with Crippen LogP contribution in [0.2, 0.25) is 0 Å². The van der Waals surface area contributed by atoms with Crippen molar-refractivity contribution in [2.45, 2.75) is 45.1 Å². The highest BCUT2D eigenvalue weighted by Gasteiger charge is 2.36. The smallest absolute Gasteiger partial charge is 0.231 e. The van der Waals surface area contributed by atoms with Gasteiger partial charge in [0, 0.05) is 13.2 Å². The van der Waals surface area contributed by atoms with Crippen molar-refractivity contribution in [3.8, 4) is 0 Å². The zero-order valence-corrected chi connectivity index (χ0v) is 10.6. The molecule has 17 heavy (non-hydrogen) atoms. The first kappa shape index (κ1) is 12.5. The van der Waals surface area contributed by atoms with E-state index in [4.69, 9.17) is 15.0 Å². The Morgan fingerprint density at radius 1 is 1.47 bits per heavy atom. The van der Waals surface area contributed by atoms with Gasteiger partial charge in [0.25, 0.3) is 0 Å². The van der Waals surface area contributed by atoms with Gasteiger partial charge in [0.1, 0.15) is 6.10 Å². The van der Waals surface area contributed by atoms with Crippen LogP contribution in [0.1, 0.15) is 56.8 Å². The Morgan fingerprint density at radius 2 is 2.24 bits per heavy atom. The first-order valence-corrected chi connectivity index (χ1v) is 6.45. The van der Waals surface area contributed by atoms with E-state index in [0.717, 1.165) is 6.42 Å². The molecule has 2 unspecified atom stereocenters. The van der Waals surface area contributed by atoms with Gasteiger partial charge in [0.05, 0.1) is 5.92 Å². The molecule has 1 aromatic rings. The molecule has 0 aromatic carbocycles. The van der Waals surface area contributed by atoms with E-state index in [1.807, 2.05) is 6.92 Å². The number of hydrogen-bond acceptors (Lipinski definition) is 5. The first-order chi connectivity index (χ1) is 8.30. The van der Waals surface area contributed by atoms with Gasteiger partial charge in [-0.1, -0.05) is 12.1 Å². The Morgan fingerprint density at radius 3 is 2.76 bits per heavy atom. The van der Waals surface area contributed by atoms with Gasteiger partial charge in [0.2, 0.25) is 11.7 Å². The van der Waals surface area contributed by atoms with Gasteiger partial charge >= 0.3 is 0 Å². The van der Waals surface area contributed by atoms with E-state index in [1.165, 1.54) is 12.8 Å². The molecule has 5 nitrogen and oxygen atoms in total. The van der Waals surface area contributed by atoms with Gasteiger partial charge in [0.15, 0.2) is 0 Å². The van der Waals surface area contributed by atoms with Crippen molar-refractivity contribution in [2.75, 3.05) is 13.2 Å². The van der Waals surface area contributed by atoms with Gasteiger partial charge in [-0.05, 0) is 32.1 Å². The molecule has 1 saturated carbocycles. The van der Waals surface area contributed by atoms with Gasteiger partial charge in [-0.2, -0.15) is 4.98 Å². The van der Waals surface area contributed by atoms with E-state index in [9.17, 15) is 0 Å². The minimum Gasteiger partial charge on any atom is -0.370 e. The van der Waals surface area contributed by atoms with Gasteiger partial charge < -0.3 is 15.0 Å². The van der Waals surface area contributed by atoms with E-state index in [1.54, 1.807) is 0 Å². The predicted molar refractivity (Wildman–Crippen MR) is 63.5 cm³/mol. The zero-order chi connectivity index (χ0) is 12.3. The lowest BCUT2D eigenvalue weighted by Crippen LogP contribution is -2.13. The van der Waals surface area contributed by atoms with Crippen molar-refractivity contribution in [3.05, 3.63) is 11.7 Å². The number of hydrogen-bond donors (Lipinski definition) is 1. The second-order valence-corrected chi connectivity index (χ2v) is 4.55. The van der Waals surface area contributed by atoms with Crippen LogP contribution >= 0.6 is 0 Å². The van der Waals surface area contributed by atoms with Crippen LogP contribution in [-0.4, -0.2) is 23.3 Å². The van der Waals surface area contributed by atoms with Crippen LogP contribution in [-0.2, 0) is 4.74 Å². The molecule has 0 bridgehead atoms. The Hall–Kier alpha value is -0.940. The van der Waals surface area contributed by atoms with E-state index >= 15 is 0 Å². The van der Waals surface area contributed by atoms with Crippen molar-refractivity contribution in [1.82, 2.24) is 10.1 Å². The lowest BCUT2D eigenvalue weighted by molar-refractivity contribution is 0.0384. The lowest BCUT2D eigenvalue weighted by Gasteiger charge is -2.11. The molecule has 1 aliphatic carbocycles. The molecule has 0 amide bonds. The van der Waals surface area contributed by atoms with Crippen LogP contribution in [0.3, 0.4) is 0 Å². The molecule has 1 aliphatic rings. The molecular weight excluding hydrogens is 218 g/mol. The molecule has 5 heteroatoms. The minimum absolute atomic E-state index is 0.00720. The Bertz CT molecular complexity index is 345. The number of rotatable bonds is 7. The maximum absolute atomic E-state index is 5.70. The normalized spacial score (nSPS) is 19.2. The molecule has 96 valence electrons. The van der Waals surface area contributed by atoms with Gasteiger partial charge in [-0.25, -0.2) is 0 Å². The number of aromatic nitrogens is 2. The molecule has 2 N–H and O–H groups in total. The van der Waals surface area contributed by atoms with Crippen molar-refractivity contribution in [3.63, 3.8) is 0 Å². The van der Waals surface area contributed by atoms with Crippen molar-refractivity contribution >= 4 is 0 Å². The van der Waals surface area contributed by atoms with Crippen LogP contribution in [0, 0.1) is 5.92 Å². The van der Waals surface area contributed by atoms with Crippen molar-refractivity contribution in [2.24, 2.45) is 11.7 Å². The topological polar surface area (TPSA) is 74.2 Å². The highest BCUT2D eigenvalue weighted by molar-refractivity contribution is 5.01. The Kier molecular flexibility index (Phi) is 4.12. The molecule has 1 fully saturated rings. The third kappa shape index (κ3) is 2.84. The van der Waals surface area contributed by atoms with Crippen molar-refractivity contribution in [1.29, 1.82) is 0 Å². The average molecular weight is 239 g/mol. The minimum atomic E-state index is 0.00720. The second kappa shape index (κ2) is 5.60. The Labute approximate surface area is 102 Å². The molecule has 2 rings (SSSR count). The summed E-state index contributed by atoms with van der Waals surface area (Å²) in [7, 11) is 0. The van der Waals surface area contributed by atoms with E-state index < -0.39 is 0 Å². The first-order valence-electron chi connectivity index (χ1n) is 6.45. The lowest BCUT2D eigenvalue weighted by atomic mass is 10.1. The summed E-state index contributed by atoms with van der Waals surface area (Å²) in [6, 6.07) is 0. The number of ether oxygens (including phenoxy) is 1. The van der Waals surface area contributed by atoms with Crippen LogP contribution in [0.5, 0.6) is 0 Å². The standard InChI is InChI=1S/C12H21N3O2/c1-3-8(7-13)12-14-11(15-17-12)10(16-4-2)9-5-6-9/h8-10H,3-7,13H2,1-2H3. The summed E-state index contributed by atoms with van der Waals surface area (Å²) in [5.41, 5.74) is 5.67. The molecule has 0 spiro atoms. The van der Waals surface area contributed by atoms with Gasteiger partial charge in [-0.3, -0.25) is 0 Å². The fraction of sp³-hybridized carbons (Fsp3) is 0.833. The zero-order valence-electron chi connectivity index (χ0n) is 10.6. The summed E-state index contributed by atoms with van der Waals surface area (Å²) in [6.07, 6.45) is 3.32. The highest BCUT2D eigenvalue weighted by Crippen LogP contribution is 2.42. The summed E-state index contributed by atoms with van der Waals surface area (Å²) in [5.74, 6) is 2.07. The van der Waals surface area contributed by atoms with E-state index in [0.29, 0.717) is 30.8 Å². The fourth-order valence-electron chi connectivity index (χ4n) is 1.97. The maximum Gasteiger partial charge on any atom is 0.231 e. The summed E-state index contributed by atoms with van der Waals surface area (Å²) in [4.78, 5) is 4.45. The quantitative estimate of drug-likeness (QED) is 0.787. The summed E-state index contributed by atoms with van der Waals surface area (Å²) in [5, 5.41) is 4.05. The highest BCUT2D eigenvalue weighted by atomic mass is 16.5. The van der Waals surface area contributed by atoms with Crippen LogP contribution in [0.25, 0.3) is 0 Å². The second-order valence-electron chi connectivity index (χ2n) is 4.55. The largest absolute Gasteiger partial charge is 0.370 e. The third-order valence-electron chi connectivity index (χ3n) is 3.23. The van der Waals surface area contributed by atoms with E-state index in [-0.39, 0.29) is 12.0 Å². The fourth-order valence-corrected chi connectivity index (χ4v) is 1.97. The SMILES string of the molecule is CCOC(c1noc(C(CC)CN)n1)C1CC1. The monoisotopic (exact) mass is 239 g/mol. The molecule has 0 aliphatic heterocycles. The number of nitrogens with two attached hydrogens (primary N) is 1. The predicted octanol–water partition coefficient (Wildman–Crippen LogP) is 2.01. The number of nitrogens with zero attached hydrogens (tertiary/aromatic N) is 2. The molecule has 2 atom stereocenters. The summed E-state index contributed by atoms with van der Waals surface area (Å²) >= 11 is 0. The van der Waals surface area contributed by atoms with Crippen LogP contribution in [0.15, 0.2) is 4.52 Å². The van der Waals surface area contributed by atoms with Gasteiger partial charge in [-0.15, -0.1) is 0 Å². The molecule has 0 saturated heterocycles. The van der Waals surface area contributed by atoms with Crippen LogP contribution < -0.4 is 5.73 Å². The molecular formula is C12H21N3O2. The van der Waals surface area contributed by atoms with Crippen LogP contribution in [0.4, 0.5) is 0 Å². The Balaban J connectivity index is 2.09. The summed E-state index contributed by atoms with van der Waals surface area (Å²) in [6.45, 7) is 5.29. The maximum atomic E-state index is 5.70. The van der Waals surface area contributed by atoms with E-state index in [2.05, 4.69) is 17.1 Å². The molecule has 1 aromatic heterocycles. The van der Waals surface area contributed by atoms with Crippen molar-refractivity contribution < 1.29 is 9.26 Å². The third-order valence-corrected chi connectivity index (χ3v) is 3.23. The molecule has 1 heterocycles.